The van der Waals surface area contributed by atoms with Crippen LogP contribution in [0.25, 0.3) is 0 Å². The summed E-state index contributed by atoms with van der Waals surface area (Å²) in [7, 11) is 0. The molecule has 0 aromatic heterocycles. The Kier molecular flexibility index (Phi) is 4.68. The molecule has 0 fully saturated rings. The maximum atomic E-state index is 12.8. The van der Waals surface area contributed by atoms with Gasteiger partial charge in [-0.3, -0.25) is 4.84 Å². The van der Waals surface area contributed by atoms with Gasteiger partial charge in [-0.1, -0.05) is 11.6 Å². The minimum absolute atomic E-state index is 0.144. The number of aliphatic carboxylic acids is 1. The zero-order chi connectivity index (χ0) is 12.8. The maximum absolute atomic E-state index is 12.8. The normalized spacial score (nSPS) is 9.76. The number of benzene rings is 1. The van der Waals surface area contributed by atoms with Crippen LogP contribution in [0, 0.1) is 5.82 Å². The first-order chi connectivity index (χ1) is 7.99. The highest BCUT2D eigenvalue weighted by Gasteiger charge is 2.05. The SMILES string of the molecule is O=C(O)CONC(=O)Nc1ccc(F)c(Cl)c1. The molecule has 3 N–H and O–H groups in total. The number of hydrogen-bond donors (Lipinski definition) is 3. The third kappa shape index (κ3) is 4.66. The Morgan fingerprint density at radius 3 is 2.76 bits per heavy atom. The van der Waals surface area contributed by atoms with Crippen LogP contribution < -0.4 is 10.8 Å². The van der Waals surface area contributed by atoms with Crippen LogP contribution in [0.5, 0.6) is 0 Å². The van der Waals surface area contributed by atoms with Crippen molar-refractivity contribution in [2.24, 2.45) is 0 Å². The Morgan fingerprint density at radius 1 is 1.47 bits per heavy atom. The average molecular weight is 263 g/mol. The number of carbonyl (C=O) groups is 2. The molecule has 2 amide bonds. The Labute approximate surface area is 100 Å². The van der Waals surface area contributed by atoms with E-state index in [9.17, 15) is 14.0 Å². The van der Waals surface area contributed by atoms with Crippen molar-refractivity contribution in [2.75, 3.05) is 11.9 Å². The molecule has 17 heavy (non-hydrogen) atoms. The summed E-state index contributed by atoms with van der Waals surface area (Å²) >= 11 is 5.49. The molecule has 0 radical (unpaired) electrons. The number of carboxylic acid groups (broad SMARTS) is 1. The van der Waals surface area contributed by atoms with Crippen molar-refractivity contribution in [1.82, 2.24) is 5.48 Å². The highest BCUT2D eigenvalue weighted by atomic mass is 35.5. The van der Waals surface area contributed by atoms with E-state index in [1.165, 1.54) is 12.1 Å². The third-order valence-electron chi connectivity index (χ3n) is 1.54. The number of nitrogens with one attached hydrogen (secondary N) is 2. The second kappa shape index (κ2) is 6.02. The van der Waals surface area contributed by atoms with Gasteiger partial charge in [0.15, 0.2) is 6.61 Å². The number of anilines is 1. The number of rotatable bonds is 4. The van der Waals surface area contributed by atoms with Gasteiger partial charge in [-0.25, -0.2) is 19.5 Å². The van der Waals surface area contributed by atoms with Crippen molar-refractivity contribution < 1.29 is 23.9 Å². The van der Waals surface area contributed by atoms with Gasteiger partial charge in [0.05, 0.1) is 5.02 Å². The molecule has 0 saturated heterocycles. The topological polar surface area (TPSA) is 87.7 Å². The molecule has 0 aliphatic rings. The predicted molar refractivity (Wildman–Crippen MR) is 57.2 cm³/mol. The lowest BCUT2D eigenvalue weighted by Crippen LogP contribution is -2.30. The van der Waals surface area contributed by atoms with Gasteiger partial charge in [-0.15, -0.1) is 0 Å². The van der Waals surface area contributed by atoms with E-state index in [1.807, 2.05) is 5.48 Å². The number of urea groups is 1. The summed E-state index contributed by atoms with van der Waals surface area (Å²) in [4.78, 5) is 25.5. The molecule has 1 aromatic rings. The van der Waals surface area contributed by atoms with Crippen molar-refractivity contribution in [3.8, 4) is 0 Å². The summed E-state index contributed by atoms with van der Waals surface area (Å²) in [5.74, 6) is -1.84. The molecule has 0 bridgehead atoms. The number of hydroxylamine groups is 1. The second-order valence-corrected chi connectivity index (χ2v) is 3.27. The van der Waals surface area contributed by atoms with Gasteiger partial charge >= 0.3 is 12.0 Å². The third-order valence-corrected chi connectivity index (χ3v) is 1.83. The van der Waals surface area contributed by atoms with Gasteiger partial charge in [-0.05, 0) is 18.2 Å². The van der Waals surface area contributed by atoms with Crippen LogP contribution in [0.15, 0.2) is 18.2 Å². The molecular weight excluding hydrogens is 255 g/mol. The highest BCUT2D eigenvalue weighted by molar-refractivity contribution is 6.31. The van der Waals surface area contributed by atoms with Crippen LogP contribution in [0.3, 0.4) is 0 Å². The van der Waals surface area contributed by atoms with E-state index in [4.69, 9.17) is 16.7 Å². The van der Waals surface area contributed by atoms with Crippen molar-refractivity contribution in [3.63, 3.8) is 0 Å². The largest absolute Gasteiger partial charge is 0.479 e. The fraction of sp³-hybridized carbons (Fsp3) is 0.111. The molecule has 0 atom stereocenters. The van der Waals surface area contributed by atoms with E-state index >= 15 is 0 Å². The first-order valence-corrected chi connectivity index (χ1v) is 4.72. The predicted octanol–water partition coefficient (Wildman–Crippen LogP) is 1.62. The summed E-state index contributed by atoms with van der Waals surface area (Å²) in [6, 6.07) is 2.77. The highest BCUT2D eigenvalue weighted by Crippen LogP contribution is 2.19. The van der Waals surface area contributed by atoms with Gasteiger partial charge in [0.1, 0.15) is 5.82 Å². The Balaban J connectivity index is 2.45. The fourth-order valence-electron chi connectivity index (χ4n) is 0.894. The number of amides is 2. The lowest BCUT2D eigenvalue weighted by atomic mass is 10.3. The van der Waals surface area contributed by atoms with Crippen LogP contribution in [0.2, 0.25) is 5.02 Å². The summed E-state index contributed by atoms with van der Waals surface area (Å²) < 4.78 is 12.8. The Hall–Kier alpha value is -1.86. The number of halogens is 2. The van der Waals surface area contributed by atoms with E-state index in [-0.39, 0.29) is 10.7 Å². The van der Waals surface area contributed by atoms with Crippen molar-refractivity contribution in [3.05, 3.63) is 29.0 Å². The van der Waals surface area contributed by atoms with Crippen molar-refractivity contribution in [1.29, 1.82) is 0 Å². The van der Waals surface area contributed by atoms with Gasteiger partial charge in [0, 0.05) is 5.69 Å². The Morgan fingerprint density at radius 2 is 2.18 bits per heavy atom. The van der Waals surface area contributed by atoms with E-state index in [1.54, 1.807) is 0 Å². The quantitative estimate of drug-likeness (QED) is 0.720. The molecule has 8 heteroatoms. The average Bonchev–Trinajstić information content (AvgIpc) is 2.23. The fourth-order valence-corrected chi connectivity index (χ4v) is 1.07. The van der Waals surface area contributed by atoms with Crippen LogP contribution in [0.4, 0.5) is 14.9 Å². The van der Waals surface area contributed by atoms with Crippen LogP contribution >= 0.6 is 11.6 Å². The van der Waals surface area contributed by atoms with E-state index in [0.717, 1.165) is 6.07 Å². The van der Waals surface area contributed by atoms with E-state index in [2.05, 4.69) is 10.2 Å². The molecule has 1 rings (SSSR count). The van der Waals surface area contributed by atoms with Crippen LogP contribution in [-0.4, -0.2) is 23.7 Å². The van der Waals surface area contributed by atoms with Crippen LogP contribution in [-0.2, 0) is 9.63 Å². The molecule has 0 heterocycles. The lowest BCUT2D eigenvalue weighted by molar-refractivity contribution is -0.143. The maximum Gasteiger partial charge on any atom is 0.343 e. The zero-order valence-electron chi connectivity index (χ0n) is 8.37. The molecule has 6 nitrogen and oxygen atoms in total. The van der Waals surface area contributed by atoms with Gasteiger partial charge in [0.25, 0.3) is 0 Å². The first kappa shape index (κ1) is 13.2. The van der Waals surface area contributed by atoms with E-state index < -0.39 is 24.4 Å². The molecule has 1 aromatic carbocycles. The monoisotopic (exact) mass is 262 g/mol. The molecule has 0 aliphatic carbocycles. The van der Waals surface area contributed by atoms with Crippen molar-refractivity contribution >= 4 is 29.3 Å². The lowest BCUT2D eigenvalue weighted by Gasteiger charge is -2.06. The Bertz CT molecular complexity index is 441. The van der Waals surface area contributed by atoms with Crippen LogP contribution in [0.1, 0.15) is 0 Å². The molecular formula is C9H8ClFN2O4. The van der Waals surface area contributed by atoms with Gasteiger partial charge in [-0.2, -0.15) is 0 Å². The molecule has 0 saturated carbocycles. The summed E-state index contributed by atoms with van der Waals surface area (Å²) in [5.41, 5.74) is 2.07. The number of hydrogen-bond acceptors (Lipinski definition) is 3. The minimum atomic E-state index is -1.23. The first-order valence-electron chi connectivity index (χ1n) is 4.34. The molecule has 0 aliphatic heterocycles. The van der Waals surface area contributed by atoms with Crippen molar-refractivity contribution in [2.45, 2.75) is 0 Å². The number of carboxylic acids is 1. The summed E-state index contributed by atoms with van der Waals surface area (Å²) in [6.45, 7) is -0.669. The summed E-state index contributed by atoms with van der Waals surface area (Å²) in [6.07, 6.45) is 0. The number of carbonyl (C=O) groups excluding carboxylic acids is 1. The summed E-state index contributed by atoms with van der Waals surface area (Å²) in [5, 5.41) is 10.3. The molecule has 0 unspecified atom stereocenters. The minimum Gasteiger partial charge on any atom is -0.479 e. The molecule has 0 spiro atoms. The molecule has 92 valence electrons. The standard InChI is InChI=1S/C9H8ClFN2O4/c10-6-3-5(1-2-7(6)11)12-9(16)13-17-4-8(14)15/h1-3H,4H2,(H,14,15)(H2,12,13,16). The van der Waals surface area contributed by atoms with Gasteiger partial charge < -0.3 is 10.4 Å². The van der Waals surface area contributed by atoms with Gasteiger partial charge in [0.2, 0.25) is 0 Å². The smallest absolute Gasteiger partial charge is 0.343 e. The zero-order valence-corrected chi connectivity index (χ0v) is 9.12. The van der Waals surface area contributed by atoms with E-state index in [0.29, 0.717) is 0 Å². The second-order valence-electron chi connectivity index (χ2n) is 2.87.